The lowest BCUT2D eigenvalue weighted by Crippen LogP contribution is -2.36. The molecule has 2 unspecified atom stereocenters. The third-order valence-electron chi connectivity index (χ3n) is 5.52. The second-order valence-electron chi connectivity index (χ2n) is 8.76. The summed E-state index contributed by atoms with van der Waals surface area (Å²) in [6.07, 6.45) is 4.25. The lowest BCUT2D eigenvalue weighted by Gasteiger charge is -2.32. The number of nitrogens with two attached hydrogens (primary N) is 1. The fourth-order valence-corrected chi connectivity index (χ4v) is 4.39. The van der Waals surface area contributed by atoms with Gasteiger partial charge in [0.2, 0.25) is 0 Å². The van der Waals surface area contributed by atoms with Crippen LogP contribution in [-0.4, -0.2) is 48.3 Å². The van der Waals surface area contributed by atoms with Gasteiger partial charge in [-0.3, -0.25) is 4.79 Å². The Balaban J connectivity index is 1.73. The molecule has 160 valence electrons. The molecule has 0 aromatic carbocycles. The number of ether oxygens (including phenoxy) is 1. The first-order valence-electron chi connectivity index (χ1n) is 10.5. The molecular formula is C21H33N5O3. The van der Waals surface area contributed by atoms with Crippen LogP contribution in [0.5, 0.6) is 0 Å². The number of nitrogens with one attached hydrogen (secondary N) is 2. The van der Waals surface area contributed by atoms with E-state index in [1.54, 1.807) is 0 Å². The summed E-state index contributed by atoms with van der Waals surface area (Å²) in [7, 11) is 0. The van der Waals surface area contributed by atoms with Gasteiger partial charge in [-0.25, -0.2) is 9.78 Å². The van der Waals surface area contributed by atoms with Gasteiger partial charge in [-0.2, -0.15) is 0 Å². The molecule has 0 spiro atoms. The van der Waals surface area contributed by atoms with Crippen molar-refractivity contribution >= 4 is 23.6 Å². The number of hydrogen-bond donors (Lipinski definition) is 3. The molecule has 1 aromatic rings. The van der Waals surface area contributed by atoms with Crippen LogP contribution in [0.4, 0.5) is 16.4 Å². The topological polar surface area (TPSA) is 110 Å². The Morgan fingerprint density at radius 2 is 2.00 bits per heavy atom. The van der Waals surface area contributed by atoms with E-state index < -0.39 is 17.6 Å². The van der Waals surface area contributed by atoms with Crippen molar-refractivity contribution in [2.24, 2.45) is 5.73 Å². The minimum Gasteiger partial charge on any atom is -0.444 e. The molecule has 1 fully saturated rings. The van der Waals surface area contributed by atoms with Gasteiger partial charge in [0.15, 0.2) is 0 Å². The molecule has 2 amide bonds. The number of hydrogen-bond acceptors (Lipinski definition) is 6. The molecule has 3 rings (SSSR count). The van der Waals surface area contributed by atoms with Gasteiger partial charge in [0.25, 0.3) is 5.91 Å². The summed E-state index contributed by atoms with van der Waals surface area (Å²) < 4.78 is 5.22. The average molecular weight is 404 g/mol. The molecule has 2 atom stereocenters. The maximum Gasteiger partial charge on any atom is 0.407 e. The maximum atomic E-state index is 12.1. The molecule has 8 heteroatoms. The molecule has 0 bridgehead atoms. The zero-order valence-corrected chi connectivity index (χ0v) is 17.9. The number of alkyl carbamates (subject to hydrolysis) is 1. The molecule has 8 nitrogen and oxygen atoms in total. The summed E-state index contributed by atoms with van der Waals surface area (Å²) in [5.74, 6) is 1.36. The van der Waals surface area contributed by atoms with Crippen molar-refractivity contribution in [2.45, 2.75) is 70.9 Å². The number of rotatable bonds is 6. The number of anilines is 2. The van der Waals surface area contributed by atoms with Gasteiger partial charge in [-0.1, -0.05) is 12.8 Å². The largest absolute Gasteiger partial charge is 0.444 e. The molecule has 1 saturated carbocycles. The summed E-state index contributed by atoms with van der Waals surface area (Å²) in [6.45, 7) is 9.22. The molecule has 0 saturated heterocycles. The number of fused-ring (bicyclic) bond motifs is 3. The Kier molecular flexibility index (Phi) is 6.19. The van der Waals surface area contributed by atoms with Crippen molar-refractivity contribution in [3.8, 4) is 0 Å². The number of likely N-dealkylation sites (N-methyl/N-ethyl adjacent to an activating group) is 1. The van der Waals surface area contributed by atoms with Crippen LogP contribution in [0.1, 0.15) is 75.2 Å². The number of primary amides is 1. The minimum absolute atomic E-state index is 0.342. The highest BCUT2D eigenvalue weighted by Gasteiger charge is 2.41. The van der Waals surface area contributed by atoms with E-state index in [1.807, 2.05) is 26.8 Å². The fraction of sp³-hybridized carbons (Fsp3) is 0.667. The van der Waals surface area contributed by atoms with E-state index in [-0.39, 0.29) is 0 Å². The minimum atomic E-state index is -0.543. The summed E-state index contributed by atoms with van der Waals surface area (Å²) >= 11 is 0. The predicted molar refractivity (Wildman–Crippen MR) is 113 cm³/mol. The summed E-state index contributed by atoms with van der Waals surface area (Å²) in [5, 5.41) is 5.85. The van der Waals surface area contributed by atoms with Crippen LogP contribution in [-0.2, 0) is 4.74 Å². The lowest BCUT2D eigenvalue weighted by molar-refractivity contribution is 0.0530. The highest BCUT2D eigenvalue weighted by molar-refractivity contribution is 5.98. The van der Waals surface area contributed by atoms with Crippen LogP contribution in [0.2, 0.25) is 0 Å². The zero-order chi connectivity index (χ0) is 21.2. The van der Waals surface area contributed by atoms with Gasteiger partial charge in [0.1, 0.15) is 17.2 Å². The third-order valence-corrected chi connectivity index (χ3v) is 5.52. The summed E-state index contributed by atoms with van der Waals surface area (Å²) in [5.41, 5.74) is 6.65. The van der Waals surface area contributed by atoms with Crippen LogP contribution in [0.3, 0.4) is 0 Å². The molecule has 4 N–H and O–H groups in total. The van der Waals surface area contributed by atoms with Crippen LogP contribution in [0, 0.1) is 0 Å². The number of aromatic nitrogens is 1. The summed E-state index contributed by atoms with van der Waals surface area (Å²) in [4.78, 5) is 31.0. The molecule has 0 radical (unpaired) electrons. The standard InChI is InChI=1S/C21H33N5O3/c1-5-26-16-9-7-6-8-13(16)14-12-15(17(22)27)18(25-19(14)26)23-10-11-24-20(28)29-21(2,3)4/h12-13,16H,5-11H2,1-4H3,(H2,22,27)(H,23,25)(H,24,28). The maximum absolute atomic E-state index is 12.1. The van der Waals surface area contributed by atoms with Crippen molar-refractivity contribution in [2.75, 3.05) is 29.9 Å². The third kappa shape index (κ3) is 4.74. The molecule has 1 aliphatic heterocycles. The van der Waals surface area contributed by atoms with Gasteiger partial charge in [-0.15, -0.1) is 0 Å². The first-order chi connectivity index (χ1) is 13.7. The Morgan fingerprint density at radius 1 is 1.28 bits per heavy atom. The van der Waals surface area contributed by atoms with Crippen LogP contribution in [0.25, 0.3) is 0 Å². The van der Waals surface area contributed by atoms with E-state index in [9.17, 15) is 9.59 Å². The van der Waals surface area contributed by atoms with Gasteiger partial charge < -0.3 is 26.0 Å². The highest BCUT2D eigenvalue weighted by atomic mass is 16.6. The molecule has 1 aliphatic carbocycles. The first-order valence-corrected chi connectivity index (χ1v) is 10.5. The van der Waals surface area contributed by atoms with E-state index in [1.165, 1.54) is 12.8 Å². The van der Waals surface area contributed by atoms with Gasteiger partial charge >= 0.3 is 6.09 Å². The van der Waals surface area contributed by atoms with Crippen molar-refractivity contribution in [3.63, 3.8) is 0 Å². The normalized spacial score (nSPS) is 20.6. The Hall–Kier alpha value is -2.51. The van der Waals surface area contributed by atoms with Crippen LogP contribution in [0.15, 0.2) is 6.07 Å². The second kappa shape index (κ2) is 8.47. The van der Waals surface area contributed by atoms with Gasteiger partial charge in [0.05, 0.1) is 5.56 Å². The van der Waals surface area contributed by atoms with Crippen molar-refractivity contribution < 1.29 is 14.3 Å². The lowest BCUT2D eigenvalue weighted by atomic mass is 9.82. The molecular weight excluding hydrogens is 370 g/mol. The van der Waals surface area contributed by atoms with E-state index in [0.717, 1.165) is 30.8 Å². The predicted octanol–water partition coefficient (Wildman–Crippen LogP) is 2.98. The Bertz CT molecular complexity index is 774. The smallest absolute Gasteiger partial charge is 0.407 e. The molecule has 2 aliphatic rings. The first kappa shape index (κ1) is 21.2. The average Bonchev–Trinajstić information content (AvgIpc) is 2.95. The molecule has 29 heavy (non-hydrogen) atoms. The van der Waals surface area contributed by atoms with Crippen LogP contribution >= 0.6 is 0 Å². The number of carbonyl (C=O) groups is 2. The second-order valence-corrected chi connectivity index (χ2v) is 8.76. The van der Waals surface area contributed by atoms with Gasteiger partial charge in [0, 0.05) is 37.2 Å². The fourth-order valence-electron chi connectivity index (χ4n) is 4.39. The van der Waals surface area contributed by atoms with Crippen molar-refractivity contribution in [3.05, 3.63) is 17.2 Å². The number of amides is 2. The zero-order valence-electron chi connectivity index (χ0n) is 17.9. The Morgan fingerprint density at radius 3 is 2.66 bits per heavy atom. The number of nitrogens with zero attached hydrogens (tertiary/aromatic N) is 2. The number of pyridine rings is 1. The molecule has 2 heterocycles. The molecule has 1 aromatic heterocycles. The van der Waals surface area contributed by atoms with Crippen molar-refractivity contribution in [1.29, 1.82) is 0 Å². The highest BCUT2D eigenvalue weighted by Crippen LogP contribution is 2.47. The van der Waals surface area contributed by atoms with E-state index >= 15 is 0 Å². The number of carbonyl (C=O) groups excluding carboxylic acids is 2. The van der Waals surface area contributed by atoms with E-state index in [4.69, 9.17) is 15.5 Å². The Labute approximate surface area is 172 Å². The van der Waals surface area contributed by atoms with E-state index in [2.05, 4.69) is 22.5 Å². The van der Waals surface area contributed by atoms with Gasteiger partial charge in [-0.05, 0) is 46.6 Å². The SMILES string of the molecule is CCN1c2nc(NCCNC(=O)OC(C)(C)C)c(C(N)=O)cc2C2CCCCC21. The quantitative estimate of drug-likeness (QED) is 0.630. The summed E-state index contributed by atoms with van der Waals surface area (Å²) in [6, 6.07) is 2.38. The van der Waals surface area contributed by atoms with E-state index in [0.29, 0.717) is 36.4 Å². The van der Waals surface area contributed by atoms with Crippen molar-refractivity contribution in [1.82, 2.24) is 10.3 Å². The monoisotopic (exact) mass is 403 g/mol. The van der Waals surface area contributed by atoms with Crippen LogP contribution < -0.4 is 21.3 Å².